The monoisotopic (exact) mass is 187 g/mol. The number of likely N-dealkylation sites (tertiary alicyclic amines) is 1. The van der Waals surface area contributed by atoms with E-state index in [1.807, 2.05) is 0 Å². The molecule has 1 heterocycles. The summed E-state index contributed by atoms with van der Waals surface area (Å²) in [5, 5.41) is 0.761. The summed E-state index contributed by atoms with van der Waals surface area (Å²) >= 11 is 5.76. The van der Waals surface area contributed by atoms with Crippen molar-refractivity contribution in [2.75, 3.05) is 19.6 Å². The molecule has 12 heavy (non-hydrogen) atoms. The molecule has 1 aliphatic heterocycles. The van der Waals surface area contributed by atoms with Gasteiger partial charge in [-0.25, -0.2) is 0 Å². The van der Waals surface area contributed by atoms with E-state index in [9.17, 15) is 0 Å². The van der Waals surface area contributed by atoms with Gasteiger partial charge < -0.3 is 0 Å². The average Bonchev–Trinajstić information content (AvgIpc) is 1.96. The van der Waals surface area contributed by atoms with Gasteiger partial charge in [-0.05, 0) is 24.8 Å². The molecule has 0 N–H and O–H groups in total. The van der Waals surface area contributed by atoms with Gasteiger partial charge >= 0.3 is 0 Å². The highest BCUT2D eigenvalue weighted by molar-refractivity contribution is 6.29. The third-order valence-corrected chi connectivity index (χ3v) is 2.93. The van der Waals surface area contributed by atoms with Crippen LogP contribution in [0.4, 0.5) is 0 Å². The molecule has 0 bridgehead atoms. The average molecular weight is 188 g/mol. The highest BCUT2D eigenvalue weighted by atomic mass is 35.5. The first-order valence-corrected chi connectivity index (χ1v) is 5.03. The second kappa shape index (κ2) is 4.29. The van der Waals surface area contributed by atoms with E-state index in [4.69, 9.17) is 11.6 Å². The molecule has 1 saturated heterocycles. The Morgan fingerprint density at radius 3 is 2.67 bits per heavy atom. The van der Waals surface area contributed by atoms with Crippen molar-refractivity contribution in [3.63, 3.8) is 0 Å². The molecule has 0 aromatic carbocycles. The molecule has 0 saturated carbocycles. The van der Waals surface area contributed by atoms with Gasteiger partial charge in [0.15, 0.2) is 0 Å². The van der Waals surface area contributed by atoms with Crippen LogP contribution in [0, 0.1) is 11.8 Å². The summed E-state index contributed by atoms with van der Waals surface area (Å²) < 4.78 is 0. The molecule has 0 aromatic rings. The fourth-order valence-corrected chi connectivity index (χ4v) is 1.90. The summed E-state index contributed by atoms with van der Waals surface area (Å²) in [7, 11) is 0. The molecule has 0 amide bonds. The predicted octanol–water partition coefficient (Wildman–Crippen LogP) is 2.72. The Bertz CT molecular complexity index is 167. The molecule has 1 fully saturated rings. The van der Waals surface area contributed by atoms with E-state index < -0.39 is 0 Å². The number of hydrogen-bond acceptors (Lipinski definition) is 1. The molecular weight excluding hydrogens is 170 g/mol. The molecule has 1 aliphatic rings. The number of rotatable bonds is 2. The Morgan fingerprint density at radius 2 is 2.17 bits per heavy atom. The van der Waals surface area contributed by atoms with Crippen LogP contribution in [0.15, 0.2) is 11.6 Å². The van der Waals surface area contributed by atoms with Crippen molar-refractivity contribution in [1.82, 2.24) is 4.90 Å². The number of nitrogens with zero attached hydrogens (tertiary/aromatic N) is 1. The SMILES string of the molecule is C=C(Cl)CN1CCC(C)C(C)C1. The maximum Gasteiger partial charge on any atom is 0.0335 e. The van der Waals surface area contributed by atoms with Crippen molar-refractivity contribution in [2.45, 2.75) is 20.3 Å². The third kappa shape index (κ3) is 2.80. The van der Waals surface area contributed by atoms with Crippen LogP contribution in [0.2, 0.25) is 0 Å². The smallest absolute Gasteiger partial charge is 0.0335 e. The van der Waals surface area contributed by atoms with Gasteiger partial charge in [0, 0.05) is 18.1 Å². The van der Waals surface area contributed by atoms with E-state index >= 15 is 0 Å². The van der Waals surface area contributed by atoms with Crippen LogP contribution in [-0.4, -0.2) is 24.5 Å². The fourth-order valence-electron chi connectivity index (χ4n) is 1.74. The summed E-state index contributed by atoms with van der Waals surface area (Å²) in [5.74, 6) is 1.67. The predicted molar refractivity (Wildman–Crippen MR) is 54.4 cm³/mol. The van der Waals surface area contributed by atoms with Gasteiger partial charge in [-0.15, -0.1) is 0 Å². The Labute approximate surface area is 80.4 Å². The van der Waals surface area contributed by atoms with Crippen LogP contribution in [0.1, 0.15) is 20.3 Å². The second-order valence-corrected chi connectivity index (χ2v) is 4.53. The minimum Gasteiger partial charge on any atom is -0.298 e. The molecule has 1 nitrogen and oxygen atoms in total. The Kier molecular flexibility index (Phi) is 3.60. The first-order valence-electron chi connectivity index (χ1n) is 4.65. The summed E-state index contributed by atoms with van der Waals surface area (Å²) in [6, 6.07) is 0. The first kappa shape index (κ1) is 10.1. The van der Waals surface area contributed by atoms with Gasteiger partial charge in [-0.1, -0.05) is 32.0 Å². The van der Waals surface area contributed by atoms with Crippen molar-refractivity contribution in [3.05, 3.63) is 11.6 Å². The van der Waals surface area contributed by atoms with E-state index in [-0.39, 0.29) is 0 Å². The van der Waals surface area contributed by atoms with Crippen LogP contribution in [0.25, 0.3) is 0 Å². The quantitative estimate of drug-likeness (QED) is 0.643. The third-order valence-electron chi connectivity index (χ3n) is 2.81. The van der Waals surface area contributed by atoms with Crippen LogP contribution in [0.3, 0.4) is 0 Å². The zero-order valence-electron chi connectivity index (χ0n) is 8.02. The molecule has 0 spiro atoms. The summed E-state index contributed by atoms with van der Waals surface area (Å²) in [6.45, 7) is 11.6. The van der Waals surface area contributed by atoms with Gasteiger partial charge in [0.1, 0.15) is 0 Å². The highest BCUT2D eigenvalue weighted by Gasteiger charge is 2.22. The summed E-state index contributed by atoms with van der Waals surface area (Å²) in [5.41, 5.74) is 0. The van der Waals surface area contributed by atoms with E-state index in [0.717, 1.165) is 23.4 Å². The zero-order valence-corrected chi connectivity index (χ0v) is 8.77. The lowest BCUT2D eigenvalue weighted by Crippen LogP contribution is -2.38. The Balaban J connectivity index is 2.35. The Hall–Kier alpha value is -0.0100. The number of halogens is 1. The van der Waals surface area contributed by atoms with Crippen LogP contribution >= 0.6 is 11.6 Å². The zero-order chi connectivity index (χ0) is 9.14. The van der Waals surface area contributed by atoms with Crippen molar-refractivity contribution in [3.8, 4) is 0 Å². The normalized spacial score (nSPS) is 31.9. The lowest BCUT2D eigenvalue weighted by Gasteiger charge is -2.34. The molecule has 0 radical (unpaired) electrons. The molecule has 0 aliphatic carbocycles. The van der Waals surface area contributed by atoms with E-state index in [0.29, 0.717) is 0 Å². The maximum absolute atomic E-state index is 5.76. The second-order valence-electron chi connectivity index (χ2n) is 4.00. The van der Waals surface area contributed by atoms with Gasteiger partial charge in [0.05, 0.1) is 0 Å². The Morgan fingerprint density at radius 1 is 1.50 bits per heavy atom. The molecule has 2 heteroatoms. The molecule has 1 rings (SSSR count). The van der Waals surface area contributed by atoms with Crippen molar-refractivity contribution < 1.29 is 0 Å². The van der Waals surface area contributed by atoms with E-state index in [2.05, 4.69) is 25.3 Å². The van der Waals surface area contributed by atoms with Crippen LogP contribution in [0.5, 0.6) is 0 Å². The lowest BCUT2D eigenvalue weighted by atomic mass is 9.89. The van der Waals surface area contributed by atoms with Crippen LogP contribution in [-0.2, 0) is 0 Å². The molecule has 2 atom stereocenters. The van der Waals surface area contributed by atoms with Crippen molar-refractivity contribution in [1.29, 1.82) is 0 Å². The minimum atomic E-state index is 0.761. The van der Waals surface area contributed by atoms with Crippen molar-refractivity contribution in [2.24, 2.45) is 11.8 Å². The van der Waals surface area contributed by atoms with Crippen molar-refractivity contribution >= 4 is 11.6 Å². The van der Waals surface area contributed by atoms with Gasteiger partial charge in [0.25, 0.3) is 0 Å². The number of hydrogen-bond donors (Lipinski definition) is 0. The van der Waals surface area contributed by atoms with E-state index in [1.165, 1.54) is 19.5 Å². The molecule has 2 unspecified atom stereocenters. The van der Waals surface area contributed by atoms with Gasteiger partial charge in [0.2, 0.25) is 0 Å². The standard InChI is InChI=1S/C10H18ClN/c1-8-4-5-12(6-9(8)2)7-10(3)11/h8-9H,3-7H2,1-2H3. The molecule has 0 aromatic heterocycles. The highest BCUT2D eigenvalue weighted by Crippen LogP contribution is 2.22. The molecular formula is C10H18ClN. The fraction of sp³-hybridized carbons (Fsp3) is 0.800. The largest absolute Gasteiger partial charge is 0.298 e. The summed E-state index contributed by atoms with van der Waals surface area (Å²) in [4.78, 5) is 2.39. The van der Waals surface area contributed by atoms with E-state index in [1.54, 1.807) is 0 Å². The van der Waals surface area contributed by atoms with Gasteiger partial charge in [-0.3, -0.25) is 4.90 Å². The van der Waals surface area contributed by atoms with Gasteiger partial charge in [-0.2, -0.15) is 0 Å². The topological polar surface area (TPSA) is 3.24 Å². The number of piperidine rings is 1. The minimum absolute atomic E-state index is 0.761. The summed E-state index contributed by atoms with van der Waals surface area (Å²) in [6.07, 6.45) is 1.30. The lowest BCUT2D eigenvalue weighted by molar-refractivity contribution is 0.150. The first-order chi connectivity index (χ1) is 5.59. The molecule has 70 valence electrons. The van der Waals surface area contributed by atoms with Crippen LogP contribution < -0.4 is 0 Å². The maximum atomic E-state index is 5.76.